The van der Waals surface area contributed by atoms with Crippen LogP contribution in [0.15, 0.2) is 23.4 Å². The highest BCUT2D eigenvalue weighted by atomic mass is 32.2. The van der Waals surface area contributed by atoms with Crippen LogP contribution in [0, 0.1) is 0 Å². The van der Waals surface area contributed by atoms with Gasteiger partial charge in [0, 0.05) is 17.9 Å². The van der Waals surface area contributed by atoms with Gasteiger partial charge in [-0.25, -0.2) is 4.98 Å². The number of hydrogen-bond acceptors (Lipinski definition) is 4. The predicted octanol–water partition coefficient (Wildman–Crippen LogP) is 2.01. The summed E-state index contributed by atoms with van der Waals surface area (Å²) >= 11 is 1.64. The lowest BCUT2D eigenvalue weighted by Crippen LogP contribution is -2.17. The van der Waals surface area contributed by atoms with E-state index in [0.29, 0.717) is 0 Å². The van der Waals surface area contributed by atoms with Gasteiger partial charge in [-0.05, 0) is 19.1 Å². The third kappa shape index (κ3) is 2.48. The van der Waals surface area contributed by atoms with E-state index in [4.69, 9.17) is 10.5 Å². The number of fused-ring (bicyclic) bond motifs is 1. The summed E-state index contributed by atoms with van der Waals surface area (Å²) in [4.78, 5) is 7.70. The topological polar surface area (TPSA) is 63.9 Å². The first-order chi connectivity index (χ1) is 7.69. The minimum atomic E-state index is 0.174. The lowest BCUT2D eigenvalue weighted by molar-refractivity contribution is 0.415. The van der Waals surface area contributed by atoms with E-state index >= 15 is 0 Å². The monoisotopic (exact) mass is 237 g/mol. The molecule has 5 heteroatoms. The van der Waals surface area contributed by atoms with Gasteiger partial charge in [-0.15, -0.1) is 0 Å². The molecule has 0 aliphatic heterocycles. The van der Waals surface area contributed by atoms with E-state index < -0.39 is 0 Å². The summed E-state index contributed by atoms with van der Waals surface area (Å²) in [6.07, 6.45) is 0. The van der Waals surface area contributed by atoms with E-state index in [1.807, 2.05) is 25.1 Å². The SMILES string of the molecule is COc1ccc2nc(SCC(C)N)[nH]c2c1. The molecule has 16 heavy (non-hydrogen) atoms. The summed E-state index contributed by atoms with van der Waals surface area (Å²) < 4.78 is 5.16. The Balaban J connectivity index is 2.22. The Kier molecular flexibility index (Phi) is 3.36. The number of hydrogen-bond donors (Lipinski definition) is 2. The summed E-state index contributed by atoms with van der Waals surface area (Å²) in [7, 11) is 1.66. The van der Waals surface area contributed by atoms with Crippen molar-refractivity contribution in [2.75, 3.05) is 12.9 Å². The summed E-state index contributed by atoms with van der Waals surface area (Å²) in [6.45, 7) is 1.98. The minimum absolute atomic E-state index is 0.174. The number of thioether (sulfide) groups is 1. The van der Waals surface area contributed by atoms with Crippen LogP contribution >= 0.6 is 11.8 Å². The van der Waals surface area contributed by atoms with Crippen molar-refractivity contribution >= 4 is 22.8 Å². The Morgan fingerprint density at radius 3 is 3.06 bits per heavy atom. The number of ether oxygens (including phenoxy) is 1. The van der Waals surface area contributed by atoms with E-state index in [-0.39, 0.29) is 6.04 Å². The average molecular weight is 237 g/mol. The Bertz CT molecular complexity index is 481. The van der Waals surface area contributed by atoms with Gasteiger partial charge in [0.2, 0.25) is 0 Å². The first-order valence-corrected chi connectivity index (χ1v) is 6.09. The van der Waals surface area contributed by atoms with E-state index in [1.165, 1.54) is 0 Å². The van der Waals surface area contributed by atoms with Crippen LogP contribution < -0.4 is 10.5 Å². The van der Waals surface area contributed by atoms with Crippen molar-refractivity contribution in [2.24, 2.45) is 5.73 Å². The molecule has 86 valence electrons. The molecular weight excluding hydrogens is 222 g/mol. The van der Waals surface area contributed by atoms with Gasteiger partial charge in [0.25, 0.3) is 0 Å². The van der Waals surface area contributed by atoms with Gasteiger partial charge in [-0.1, -0.05) is 11.8 Å². The quantitative estimate of drug-likeness (QED) is 0.798. The number of aromatic nitrogens is 2. The highest BCUT2D eigenvalue weighted by molar-refractivity contribution is 7.99. The zero-order valence-corrected chi connectivity index (χ0v) is 10.2. The normalized spacial score (nSPS) is 12.9. The van der Waals surface area contributed by atoms with Crippen molar-refractivity contribution in [3.63, 3.8) is 0 Å². The minimum Gasteiger partial charge on any atom is -0.497 e. The molecule has 1 aromatic heterocycles. The third-order valence-corrected chi connectivity index (χ3v) is 3.31. The van der Waals surface area contributed by atoms with Crippen LogP contribution in [0.2, 0.25) is 0 Å². The lowest BCUT2D eigenvalue weighted by Gasteiger charge is -2.00. The van der Waals surface area contributed by atoms with Crippen molar-refractivity contribution in [3.05, 3.63) is 18.2 Å². The summed E-state index contributed by atoms with van der Waals surface area (Å²) in [6, 6.07) is 5.97. The lowest BCUT2D eigenvalue weighted by atomic mass is 10.3. The second-order valence-electron chi connectivity index (χ2n) is 3.71. The molecule has 0 saturated carbocycles. The smallest absolute Gasteiger partial charge is 0.166 e. The Hall–Kier alpha value is -1.20. The largest absolute Gasteiger partial charge is 0.497 e. The summed E-state index contributed by atoms with van der Waals surface area (Å²) in [5.74, 6) is 1.69. The van der Waals surface area contributed by atoms with Gasteiger partial charge < -0.3 is 15.5 Å². The fraction of sp³-hybridized carbons (Fsp3) is 0.364. The molecule has 1 aromatic carbocycles. The van der Waals surface area contributed by atoms with Crippen molar-refractivity contribution < 1.29 is 4.74 Å². The average Bonchev–Trinajstić information content (AvgIpc) is 2.67. The van der Waals surface area contributed by atoms with Crippen molar-refractivity contribution in [3.8, 4) is 5.75 Å². The van der Waals surface area contributed by atoms with Crippen LogP contribution in [-0.2, 0) is 0 Å². The van der Waals surface area contributed by atoms with E-state index in [0.717, 1.165) is 27.7 Å². The van der Waals surface area contributed by atoms with Crippen molar-refractivity contribution in [2.45, 2.75) is 18.1 Å². The number of H-pyrrole nitrogens is 1. The maximum absolute atomic E-state index is 5.70. The van der Waals surface area contributed by atoms with Gasteiger partial charge in [0.1, 0.15) is 5.75 Å². The molecule has 0 aliphatic carbocycles. The third-order valence-electron chi connectivity index (χ3n) is 2.15. The molecule has 4 nitrogen and oxygen atoms in total. The standard InChI is InChI=1S/C11H15N3OS/c1-7(12)6-16-11-13-9-4-3-8(15-2)5-10(9)14-11/h3-5,7H,6,12H2,1-2H3,(H,13,14). The molecule has 2 aromatic rings. The molecule has 1 atom stereocenters. The number of imidazole rings is 1. The van der Waals surface area contributed by atoms with E-state index in [1.54, 1.807) is 18.9 Å². The molecule has 0 amide bonds. The second kappa shape index (κ2) is 4.76. The number of aromatic amines is 1. The Morgan fingerprint density at radius 2 is 2.38 bits per heavy atom. The summed E-state index contributed by atoms with van der Waals surface area (Å²) in [5.41, 5.74) is 7.64. The molecule has 0 radical (unpaired) electrons. The van der Waals surface area contributed by atoms with E-state index in [2.05, 4.69) is 9.97 Å². The van der Waals surface area contributed by atoms with Crippen LogP contribution in [0.1, 0.15) is 6.92 Å². The zero-order valence-electron chi connectivity index (χ0n) is 9.36. The number of nitrogens with zero attached hydrogens (tertiary/aromatic N) is 1. The Morgan fingerprint density at radius 1 is 1.56 bits per heavy atom. The van der Waals surface area contributed by atoms with E-state index in [9.17, 15) is 0 Å². The van der Waals surface area contributed by atoms with Gasteiger partial charge in [-0.3, -0.25) is 0 Å². The summed E-state index contributed by atoms with van der Waals surface area (Å²) in [5, 5.41) is 0.903. The first kappa shape index (κ1) is 11.3. The fourth-order valence-electron chi connectivity index (χ4n) is 1.37. The molecule has 0 fully saturated rings. The number of nitrogens with two attached hydrogens (primary N) is 1. The molecule has 0 saturated heterocycles. The number of benzene rings is 1. The maximum atomic E-state index is 5.70. The number of nitrogens with one attached hydrogen (secondary N) is 1. The zero-order chi connectivity index (χ0) is 11.5. The van der Waals surface area contributed by atoms with Crippen LogP contribution in [0.5, 0.6) is 5.75 Å². The van der Waals surface area contributed by atoms with Gasteiger partial charge in [-0.2, -0.15) is 0 Å². The van der Waals surface area contributed by atoms with Gasteiger partial charge >= 0.3 is 0 Å². The molecule has 0 bridgehead atoms. The molecule has 3 N–H and O–H groups in total. The molecule has 1 unspecified atom stereocenters. The highest BCUT2D eigenvalue weighted by Gasteiger charge is 2.05. The van der Waals surface area contributed by atoms with Crippen LogP contribution in [0.4, 0.5) is 0 Å². The van der Waals surface area contributed by atoms with Crippen LogP contribution in [0.25, 0.3) is 11.0 Å². The molecule has 0 aliphatic rings. The molecule has 2 rings (SSSR count). The molecule has 0 spiro atoms. The van der Waals surface area contributed by atoms with Gasteiger partial charge in [0.15, 0.2) is 5.16 Å². The van der Waals surface area contributed by atoms with Crippen LogP contribution in [-0.4, -0.2) is 28.9 Å². The predicted molar refractivity (Wildman–Crippen MR) is 67.0 cm³/mol. The molecular formula is C11H15N3OS. The molecule has 1 heterocycles. The first-order valence-electron chi connectivity index (χ1n) is 5.11. The second-order valence-corrected chi connectivity index (χ2v) is 4.72. The van der Waals surface area contributed by atoms with Crippen molar-refractivity contribution in [1.29, 1.82) is 0 Å². The van der Waals surface area contributed by atoms with Crippen molar-refractivity contribution in [1.82, 2.24) is 9.97 Å². The number of methoxy groups -OCH3 is 1. The maximum Gasteiger partial charge on any atom is 0.166 e. The fourth-order valence-corrected chi connectivity index (χ4v) is 2.14. The number of rotatable bonds is 4. The highest BCUT2D eigenvalue weighted by Crippen LogP contribution is 2.23. The Labute approximate surface area is 98.6 Å². The van der Waals surface area contributed by atoms with Crippen LogP contribution in [0.3, 0.4) is 0 Å². The van der Waals surface area contributed by atoms with Gasteiger partial charge in [0.05, 0.1) is 18.1 Å².